The fraction of sp³-hybridized carbons (Fsp3) is 0.304. The van der Waals surface area contributed by atoms with Crippen LogP contribution in [0.3, 0.4) is 0 Å². The predicted molar refractivity (Wildman–Crippen MR) is 119 cm³/mol. The minimum Gasteiger partial charge on any atom is -0.406 e. The van der Waals surface area contributed by atoms with Gasteiger partial charge < -0.3 is 4.43 Å². The van der Waals surface area contributed by atoms with Crippen molar-refractivity contribution in [1.82, 2.24) is 14.5 Å². The van der Waals surface area contributed by atoms with Crippen LogP contribution in [-0.4, -0.2) is 29.5 Å². The van der Waals surface area contributed by atoms with E-state index in [0.29, 0.717) is 6.61 Å². The van der Waals surface area contributed by atoms with E-state index in [-0.39, 0.29) is 5.04 Å². The average molecular weight is 390 g/mol. The van der Waals surface area contributed by atoms with Crippen LogP contribution in [0.15, 0.2) is 49.6 Å². The van der Waals surface area contributed by atoms with Gasteiger partial charge in [0.25, 0.3) is 0 Å². The van der Waals surface area contributed by atoms with E-state index in [2.05, 4.69) is 68.3 Å². The minimum atomic E-state index is -1.78. The van der Waals surface area contributed by atoms with Gasteiger partial charge in [0.2, 0.25) is 0 Å². The molecule has 0 N–H and O–H groups in total. The van der Waals surface area contributed by atoms with E-state index >= 15 is 0 Å². The third-order valence-corrected chi connectivity index (χ3v) is 9.90. The van der Waals surface area contributed by atoms with Gasteiger partial charge in [-0.2, -0.15) is 0 Å². The van der Waals surface area contributed by atoms with Crippen LogP contribution in [-0.2, 0) is 4.43 Å². The second-order valence-corrected chi connectivity index (χ2v) is 13.1. The fourth-order valence-corrected chi connectivity index (χ4v) is 3.47. The summed E-state index contributed by atoms with van der Waals surface area (Å²) in [5.74, 6) is 7.16. The monoisotopic (exact) mass is 389 g/mol. The second-order valence-electron chi connectivity index (χ2n) is 8.30. The Kier molecular flexibility index (Phi) is 5.55. The quantitative estimate of drug-likeness (QED) is 0.441. The van der Waals surface area contributed by atoms with Gasteiger partial charge in [0.15, 0.2) is 8.32 Å². The predicted octanol–water partition coefficient (Wildman–Crippen LogP) is 5.44. The lowest BCUT2D eigenvalue weighted by molar-refractivity contribution is 0.334. The molecule has 0 aliphatic rings. The molecule has 0 unspecified atom stereocenters. The van der Waals surface area contributed by atoms with Gasteiger partial charge in [0, 0.05) is 24.0 Å². The molecule has 3 aromatic rings. The molecule has 3 heterocycles. The van der Waals surface area contributed by atoms with Gasteiger partial charge in [0.05, 0.1) is 23.9 Å². The number of pyridine rings is 2. The topological polar surface area (TPSA) is 39.9 Å². The van der Waals surface area contributed by atoms with Crippen LogP contribution in [0.25, 0.3) is 22.8 Å². The maximum Gasteiger partial charge on any atom is 0.193 e. The van der Waals surface area contributed by atoms with Crippen LogP contribution in [0.4, 0.5) is 0 Å². The molecule has 0 saturated heterocycles. The lowest BCUT2D eigenvalue weighted by Crippen LogP contribution is -2.40. The third kappa shape index (κ3) is 4.09. The first kappa shape index (κ1) is 20.1. The van der Waals surface area contributed by atoms with Crippen molar-refractivity contribution in [2.24, 2.45) is 0 Å². The number of rotatable bonds is 4. The zero-order valence-corrected chi connectivity index (χ0v) is 18.3. The van der Waals surface area contributed by atoms with E-state index in [9.17, 15) is 0 Å². The van der Waals surface area contributed by atoms with E-state index in [0.717, 1.165) is 27.8 Å². The summed E-state index contributed by atoms with van der Waals surface area (Å²) in [4.78, 5) is 8.82. The summed E-state index contributed by atoms with van der Waals surface area (Å²) in [6.07, 6.45) is 9.25. The Labute approximate surface area is 168 Å². The Morgan fingerprint density at radius 2 is 2.04 bits per heavy atom. The lowest BCUT2D eigenvalue weighted by atomic mass is 10.1. The average Bonchev–Trinajstić information content (AvgIpc) is 3.08. The molecule has 0 saturated carbocycles. The highest BCUT2D eigenvalue weighted by atomic mass is 28.4. The van der Waals surface area contributed by atoms with Crippen LogP contribution in [0.5, 0.6) is 0 Å². The maximum atomic E-state index is 6.13. The second kappa shape index (κ2) is 7.74. The molecule has 0 amide bonds. The summed E-state index contributed by atoms with van der Waals surface area (Å²) in [6.45, 7) is 15.5. The van der Waals surface area contributed by atoms with Gasteiger partial charge in [-0.15, -0.1) is 0 Å². The number of aromatic nitrogens is 3. The molecular weight excluding hydrogens is 362 g/mol. The highest BCUT2D eigenvalue weighted by Crippen LogP contribution is 2.36. The highest BCUT2D eigenvalue weighted by Gasteiger charge is 2.36. The lowest BCUT2D eigenvalue weighted by Gasteiger charge is -2.35. The van der Waals surface area contributed by atoms with Crippen LogP contribution < -0.4 is 0 Å². The largest absolute Gasteiger partial charge is 0.406 e. The molecule has 0 radical (unpaired) electrons. The van der Waals surface area contributed by atoms with E-state index in [4.69, 9.17) is 4.43 Å². The number of fused-ring (bicyclic) bond motifs is 1. The van der Waals surface area contributed by atoms with Gasteiger partial charge in [-0.05, 0) is 41.9 Å². The number of hydrogen-bond acceptors (Lipinski definition) is 3. The van der Waals surface area contributed by atoms with Gasteiger partial charge in [-0.25, -0.2) is 4.98 Å². The molecule has 5 heteroatoms. The Bertz CT molecular complexity index is 1060. The normalized spacial score (nSPS) is 11.9. The molecule has 0 aliphatic carbocycles. The fourth-order valence-electron chi connectivity index (χ4n) is 2.60. The van der Waals surface area contributed by atoms with E-state index < -0.39 is 8.32 Å². The molecule has 0 aliphatic heterocycles. The van der Waals surface area contributed by atoms with Gasteiger partial charge >= 0.3 is 0 Å². The van der Waals surface area contributed by atoms with Gasteiger partial charge in [0.1, 0.15) is 5.82 Å². The van der Waals surface area contributed by atoms with Crippen LogP contribution in [0.2, 0.25) is 18.1 Å². The Hall–Kier alpha value is -2.68. The van der Waals surface area contributed by atoms with Crippen molar-refractivity contribution >= 4 is 25.3 Å². The molecule has 144 valence electrons. The standard InChI is InChI=1S/C23H27N3OSi/c1-7-18-15-22(26-13-11-19-10-12-24-17-21(19)26)25-16-20(18)9-8-14-27-28(5,6)23(2,3)4/h7,10-13,15-17H,1,14H2,2-6H3. The van der Waals surface area contributed by atoms with Crippen molar-refractivity contribution in [2.75, 3.05) is 6.61 Å². The molecule has 0 aromatic carbocycles. The SMILES string of the molecule is C=Cc1cc(-n2ccc3ccncc32)ncc1C#CCO[Si](C)(C)C(C)(C)C. The number of hydrogen-bond donors (Lipinski definition) is 0. The highest BCUT2D eigenvalue weighted by molar-refractivity contribution is 6.74. The zero-order valence-electron chi connectivity index (χ0n) is 17.3. The number of nitrogens with zero attached hydrogens (tertiary/aromatic N) is 3. The van der Waals surface area contributed by atoms with Gasteiger partial charge in [-0.3, -0.25) is 9.55 Å². The summed E-state index contributed by atoms with van der Waals surface area (Å²) >= 11 is 0. The molecule has 3 rings (SSSR count). The molecule has 0 spiro atoms. The maximum absolute atomic E-state index is 6.13. The molecular formula is C23H27N3OSi. The summed E-state index contributed by atoms with van der Waals surface area (Å²) in [5.41, 5.74) is 2.83. The van der Waals surface area contributed by atoms with Crippen molar-refractivity contribution in [2.45, 2.75) is 38.9 Å². The third-order valence-electron chi connectivity index (χ3n) is 5.42. The van der Waals surface area contributed by atoms with Crippen molar-refractivity contribution in [1.29, 1.82) is 0 Å². The Morgan fingerprint density at radius 1 is 1.25 bits per heavy atom. The van der Waals surface area contributed by atoms with Crippen molar-refractivity contribution in [3.05, 3.63) is 60.7 Å². The minimum absolute atomic E-state index is 0.179. The Morgan fingerprint density at radius 3 is 2.75 bits per heavy atom. The molecule has 28 heavy (non-hydrogen) atoms. The molecule has 4 nitrogen and oxygen atoms in total. The van der Waals surface area contributed by atoms with E-state index in [1.807, 2.05) is 35.2 Å². The summed E-state index contributed by atoms with van der Waals surface area (Å²) in [5, 5.41) is 1.31. The van der Waals surface area contributed by atoms with Gasteiger partial charge in [-0.1, -0.05) is 45.3 Å². The van der Waals surface area contributed by atoms with Crippen LogP contribution >= 0.6 is 0 Å². The molecule has 0 bridgehead atoms. The Balaban J connectivity index is 1.83. The first-order chi connectivity index (χ1) is 13.2. The zero-order chi connectivity index (χ0) is 20.4. The van der Waals surface area contributed by atoms with Crippen molar-refractivity contribution in [3.8, 4) is 17.7 Å². The van der Waals surface area contributed by atoms with E-state index in [1.54, 1.807) is 12.4 Å². The molecule has 0 atom stereocenters. The molecule has 3 aromatic heterocycles. The summed E-state index contributed by atoms with van der Waals surface area (Å²) in [7, 11) is -1.78. The van der Waals surface area contributed by atoms with Crippen molar-refractivity contribution in [3.63, 3.8) is 0 Å². The first-order valence-electron chi connectivity index (χ1n) is 9.40. The van der Waals surface area contributed by atoms with Crippen molar-refractivity contribution < 1.29 is 4.43 Å². The van der Waals surface area contributed by atoms with Crippen LogP contribution in [0, 0.1) is 11.8 Å². The van der Waals surface area contributed by atoms with E-state index in [1.165, 1.54) is 0 Å². The first-order valence-corrected chi connectivity index (χ1v) is 12.3. The molecule has 0 fully saturated rings. The summed E-state index contributed by atoms with van der Waals surface area (Å²) in [6, 6.07) is 6.04. The summed E-state index contributed by atoms with van der Waals surface area (Å²) < 4.78 is 8.15. The van der Waals surface area contributed by atoms with Crippen LogP contribution in [0.1, 0.15) is 31.9 Å². The smallest absolute Gasteiger partial charge is 0.193 e.